The Morgan fingerprint density at radius 1 is 1.00 bits per heavy atom. The molecular weight excluding hydrogens is 441 g/mol. The summed E-state index contributed by atoms with van der Waals surface area (Å²) in [6, 6.07) is 18.7. The molecule has 0 aliphatic rings. The minimum Gasteiger partial charge on any atom is -0.376 e. The van der Waals surface area contributed by atoms with E-state index in [1.807, 2.05) is 64.4 Å². The topological polar surface area (TPSA) is 58.4 Å². The molecule has 2 N–H and O–H groups in total. The van der Waals surface area contributed by atoms with Gasteiger partial charge in [-0.15, -0.1) is 0 Å². The monoisotopic (exact) mass is 458 g/mol. The Kier molecular flexibility index (Phi) is 6.05. The van der Waals surface area contributed by atoms with Gasteiger partial charge < -0.3 is 10.6 Å². The molecule has 164 valence electrons. The molecule has 5 nitrogen and oxygen atoms in total. The highest BCUT2D eigenvalue weighted by Gasteiger charge is 2.27. The first kappa shape index (κ1) is 21.7. The van der Waals surface area contributed by atoms with Crippen molar-refractivity contribution in [3.63, 3.8) is 0 Å². The molecule has 0 unspecified atom stereocenters. The molecule has 2 aromatic heterocycles. The fourth-order valence-corrected chi connectivity index (χ4v) is 3.37. The first-order chi connectivity index (χ1) is 15.3. The lowest BCUT2D eigenvalue weighted by atomic mass is 10.1. The minimum absolute atomic E-state index is 0.267. The number of carbonyl (C=O) groups excluding carboxylic acids is 1. The van der Waals surface area contributed by atoms with Gasteiger partial charge >= 0.3 is 6.18 Å². The van der Waals surface area contributed by atoms with Gasteiger partial charge in [0, 0.05) is 22.5 Å². The third kappa shape index (κ3) is 5.20. The lowest BCUT2D eigenvalue weighted by Gasteiger charge is -2.11. The second kappa shape index (κ2) is 8.92. The molecule has 0 spiro atoms. The molecule has 0 radical (unpaired) electrons. The zero-order valence-corrected chi connectivity index (χ0v) is 17.4. The first-order valence-corrected chi connectivity index (χ1v) is 10.1. The van der Waals surface area contributed by atoms with Crippen LogP contribution in [-0.4, -0.2) is 34.6 Å². The Balaban J connectivity index is 1.51. The van der Waals surface area contributed by atoms with Crippen LogP contribution in [0.4, 0.5) is 18.9 Å². The molecule has 0 aliphatic heterocycles. The van der Waals surface area contributed by atoms with Crippen LogP contribution in [0, 0.1) is 0 Å². The number of hydrogen-bond donors (Lipinski definition) is 2. The fraction of sp³-hybridized carbons (Fsp3) is 0.130. The molecule has 4 aromatic rings. The summed E-state index contributed by atoms with van der Waals surface area (Å²) in [5, 5.41) is 5.35. The number of anilines is 1. The van der Waals surface area contributed by atoms with E-state index in [-0.39, 0.29) is 6.54 Å². The van der Waals surface area contributed by atoms with Gasteiger partial charge in [-0.2, -0.15) is 13.2 Å². The number of hydrogen-bond acceptors (Lipinski definition) is 3. The van der Waals surface area contributed by atoms with Crippen LogP contribution in [0.5, 0.6) is 0 Å². The number of nitrogens with one attached hydrogen (secondary N) is 2. The lowest BCUT2D eigenvalue weighted by molar-refractivity contribution is -0.137. The summed E-state index contributed by atoms with van der Waals surface area (Å²) in [6.45, 7) is -1.62. The van der Waals surface area contributed by atoms with Crippen LogP contribution in [0.1, 0.15) is 0 Å². The van der Waals surface area contributed by atoms with Crippen molar-refractivity contribution in [2.24, 2.45) is 0 Å². The summed E-state index contributed by atoms with van der Waals surface area (Å²) < 4.78 is 38.6. The number of imidazole rings is 1. The second-order valence-electron chi connectivity index (χ2n) is 7.12. The maximum absolute atomic E-state index is 12.2. The van der Waals surface area contributed by atoms with Gasteiger partial charge in [0.15, 0.2) is 0 Å². The summed E-state index contributed by atoms with van der Waals surface area (Å²) in [5.74, 6) is -0.739. The lowest BCUT2D eigenvalue weighted by Crippen LogP contribution is -2.37. The van der Waals surface area contributed by atoms with Crippen molar-refractivity contribution >= 4 is 28.8 Å². The number of fused-ring (bicyclic) bond motifs is 1. The number of carbonyl (C=O) groups is 1. The van der Waals surface area contributed by atoms with E-state index in [1.165, 1.54) is 0 Å². The fourth-order valence-electron chi connectivity index (χ4n) is 3.25. The van der Waals surface area contributed by atoms with Gasteiger partial charge in [0.05, 0.1) is 18.4 Å². The van der Waals surface area contributed by atoms with Crippen LogP contribution in [0.3, 0.4) is 0 Å². The number of pyridine rings is 1. The molecular formula is C23H18ClF3N4O. The van der Waals surface area contributed by atoms with Gasteiger partial charge in [0.25, 0.3) is 0 Å². The highest BCUT2D eigenvalue weighted by atomic mass is 35.5. The molecule has 9 heteroatoms. The molecule has 32 heavy (non-hydrogen) atoms. The molecule has 0 aliphatic carbocycles. The molecule has 4 rings (SSSR count). The summed E-state index contributed by atoms with van der Waals surface area (Å²) in [5.41, 5.74) is 5.09. The zero-order valence-electron chi connectivity index (χ0n) is 16.7. The SMILES string of the molecule is O=C(CNc1cccc(-c2cnc3cc(-c4ccc(Cl)cc4)ccn23)c1)NCC(F)(F)F. The second-order valence-corrected chi connectivity index (χ2v) is 7.56. The van der Waals surface area contributed by atoms with Gasteiger partial charge in [0.1, 0.15) is 12.2 Å². The van der Waals surface area contributed by atoms with E-state index < -0.39 is 18.6 Å². The zero-order chi connectivity index (χ0) is 22.7. The standard InChI is InChI=1S/C23H18ClF3N4O/c24-18-6-4-15(5-7-18)16-8-9-31-20(12-29-21(31)11-16)17-2-1-3-19(10-17)28-13-22(32)30-14-23(25,26)27/h1-12,28H,13-14H2,(H,30,32). The van der Waals surface area contributed by atoms with Crippen LogP contribution in [0.2, 0.25) is 5.02 Å². The first-order valence-electron chi connectivity index (χ1n) is 9.69. The summed E-state index contributed by atoms with van der Waals surface area (Å²) in [7, 11) is 0. The molecule has 2 aromatic carbocycles. The van der Waals surface area contributed by atoms with E-state index in [4.69, 9.17) is 11.6 Å². The predicted molar refractivity (Wildman–Crippen MR) is 119 cm³/mol. The normalized spacial score (nSPS) is 11.5. The van der Waals surface area contributed by atoms with E-state index in [0.29, 0.717) is 10.7 Å². The van der Waals surface area contributed by atoms with Crippen LogP contribution in [-0.2, 0) is 4.79 Å². The minimum atomic E-state index is -4.44. The maximum Gasteiger partial charge on any atom is 0.405 e. The third-order valence-corrected chi connectivity index (χ3v) is 5.04. The van der Waals surface area contributed by atoms with Crippen molar-refractivity contribution in [1.82, 2.24) is 14.7 Å². The molecule has 0 saturated carbocycles. The van der Waals surface area contributed by atoms with E-state index in [0.717, 1.165) is 28.0 Å². The highest BCUT2D eigenvalue weighted by Crippen LogP contribution is 2.27. The van der Waals surface area contributed by atoms with Gasteiger partial charge in [-0.05, 0) is 47.5 Å². The number of nitrogens with zero attached hydrogens (tertiary/aromatic N) is 2. The largest absolute Gasteiger partial charge is 0.405 e. The number of alkyl halides is 3. The van der Waals surface area contributed by atoms with Gasteiger partial charge in [-0.25, -0.2) is 4.98 Å². The number of aromatic nitrogens is 2. The Labute approximate surface area is 186 Å². The van der Waals surface area contributed by atoms with E-state index in [1.54, 1.807) is 18.3 Å². The Bertz CT molecular complexity index is 1250. The summed E-state index contributed by atoms with van der Waals surface area (Å²) in [6.07, 6.45) is -0.769. The summed E-state index contributed by atoms with van der Waals surface area (Å²) in [4.78, 5) is 16.1. The maximum atomic E-state index is 12.2. The van der Waals surface area contributed by atoms with E-state index >= 15 is 0 Å². The third-order valence-electron chi connectivity index (χ3n) is 4.79. The van der Waals surface area contributed by atoms with Crippen molar-refractivity contribution in [1.29, 1.82) is 0 Å². The Morgan fingerprint density at radius 3 is 2.53 bits per heavy atom. The van der Waals surface area contributed by atoms with Crippen LogP contribution >= 0.6 is 11.6 Å². The van der Waals surface area contributed by atoms with Crippen molar-refractivity contribution < 1.29 is 18.0 Å². The molecule has 0 bridgehead atoms. The van der Waals surface area contributed by atoms with E-state index in [2.05, 4.69) is 10.3 Å². The van der Waals surface area contributed by atoms with Crippen LogP contribution in [0.25, 0.3) is 28.0 Å². The Hall–Kier alpha value is -3.52. The van der Waals surface area contributed by atoms with Crippen molar-refractivity contribution in [2.75, 3.05) is 18.4 Å². The molecule has 2 heterocycles. The molecule has 0 atom stereocenters. The summed E-state index contributed by atoms with van der Waals surface area (Å²) >= 11 is 5.96. The van der Waals surface area contributed by atoms with Crippen molar-refractivity contribution in [3.8, 4) is 22.4 Å². The van der Waals surface area contributed by atoms with Crippen molar-refractivity contribution in [3.05, 3.63) is 78.1 Å². The smallest absolute Gasteiger partial charge is 0.376 e. The number of rotatable bonds is 6. The van der Waals surface area contributed by atoms with Crippen LogP contribution in [0.15, 0.2) is 73.1 Å². The van der Waals surface area contributed by atoms with E-state index in [9.17, 15) is 18.0 Å². The predicted octanol–water partition coefficient (Wildman–Crippen LogP) is 5.41. The van der Waals surface area contributed by atoms with Gasteiger partial charge in [-0.1, -0.05) is 35.9 Å². The van der Waals surface area contributed by atoms with Crippen LogP contribution < -0.4 is 10.6 Å². The number of benzene rings is 2. The number of amides is 1. The van der Waals surface area contributed by atoms with Gasteiger partial charge in [-0.3, -0.25) is 9.20 Å². The molecule has 0 fully saturated rings. The average Bonchev–Trinajstić information content (AvgIpc) is 3.20. The highest BCUT2D eigenvalue weighted by molar-refractivity contribution is 6.30. The van der Waals surface area contributed by atoms with Gasteiger partial charge in [0.2, 0.25) is 5.91 Å². The van der Waals surface area contributed by atoms with Crippen molar-refractivity contribution in [2.45, 2.75) is 6.18 Å². The molecule has 0 saturated heterocycles. The quantitative estimate of drug-likeness (QED) is 0.406. The number of halogens is 4. The average molecular weight is 459 g/mol. The molecule has 1 amide bonds. The Morgan fingerprint density at radius 2 is 1.78 bits per heavy atom.